The monoisotopic (exact) mass is 429 g/mol. The van der Waals surface area contributed by atoms with E-state index in [1.54, 1.807) is 4.90 Å². The third-order valence-corrected chi connectivity index (χ3v) is 5.28. The van der Waals surface area contributed by atoms with Crippen molar-refractivity contribution in [1.82, 2.24) is 14.7 Å². The summed E-state index contributed by atoms with van der Waals surface area (Å²) in [6.45, 7) is 1.33. The Bertz CT molecular complexity index is 1060. The Balaban J connectivity index is 1.73. The van der Waals surface area contributed by atoms with Crippen LogP contribution in [0.4, 0.5) is 29.5 Å². The van der Waals surface area contributed by atoms with Crippen LogP contribution < -0.4 is 11.1 Å². The minimum Gasteiger partial charge on any atom is -0.382 e. The molecule has 2 aromatic carbocycles. The fourth-order valence-corrected chi connectivity index (χ4v) is 3.62. The van der Waals surface area contributed by atoms with E-state index in [2.05, 4.69) is 10.4 Å². The molecule has 0 unspecified atom stereocenters. The number of halogens is 3. The molecule has 2 amide bonds. The van der Waals surface area contributed by atoms with Crippen molar-refractivity contribution in [2.45, 2.75) is 25.4 Å². The van der Waals surface area contributed by atoms with Crippen LogP contribution in [-0.4, -0.2) is 33.8 Å². The molecule has 9 heteroatoms. The van der Waals surface area contributed by atoms with Crippen molar-refractivity contribution in [3.05, 3.63) is 60.2 Å². The number of nitrogen functional groups attached to an aromatic ring is 1. The number of rotatable bonds is 3. The number of carbonyl (C=O) groups excluding carboxylic acids is 1. The van der Waals surface area contributed by atoms with E-state index in [-0.39, 0.29) is 11.8 Å². The summed E-state index contributed by atoms with van der Waals surface area (Å²) in [5.41, 5.74) is 7.43. The highest BCUT2D eigenvalue weighted by molar-refractivity contribution is 5.97. The molecule has 0 radical (unpaired) electrons. The van der Waals surface area contributed by atoms with Crippen LogP contribution in [0.25, 0.3) is 16.9 Å². The van der Waals surface area contributed by atoms with Gasteiger partial charge in [-0.2, -0.15) is 18.3 Å². The topological polar surface area (TPSA) is 76.2 Å². The Hall–Kier alpha value is -3.49. The number of hydrogen-bond donors (Lipinski definition) is 2. The summed E-state index contributed by atoms with van der Waals surface area (Å²) in [5.74, 6) is 0.143. The summed E-state index contributed by atoms with van der Waals surface area (Å²) in [7, 11) is 0. The van der Waals surface area contributed by atoms with Crippen molar-refractivity contribution in [1.29, 1.82) is 0 Å². The van der Waals surface area contributed by atoms with Crippen molar-refractivity contribution >= 4 is 17.5 Å². The Morgan fingerprint density at radius 1 is 0.968 bits per heavy atom. The SMILES string of the molecule is Nc1c(NC(=O)N2CCCCC2)c(-c2ccccc2)nn1-c1ccc(C(F)(F)F)cc1. The Labute approximate surface area is 177 Å². The van der Waals surface area contributed by atoms with Gasteiger partial charge in [-0.25, -0.2) is 9.48 Å². The molecule has 3 N–H and O–H groups in total. The summed E-state index contributed by atoms with van der Waals surface area (Å²) in [5, 5.41) is 7.39. The first-order valence-electron chi connectivity index (χ1n) is 10.0. The minimum atomic E-state index is -4.43. The van der Waals surface area contributed by atoms with Gasteiger partial charge in [0.15, 0.2) is 5.82 Å². The number of nitrogens with one attached hydrogen (secondary N) is 1. The molecular formula is C22H22F3N5O. The number of piperidine rings is 1. The number of likely N-dealkylation sites (tertiary alicyclic amines) is 1. The summed E-state index contributed by atoms with van der Waals surface area (Å²) < 4.78 is 40.1. The summed E-state index contributed by atoms with van der Waals surface area (Å²) in [4.78, 5) is 14.5. The van der Waals surface area contributed by atoms with Crippen LogP contribution in [0.15, 0.2) is 54.6 Å². The molecule has 0 aliphatic carbocycles. The number of nitrogens with zero attached hydrogens (tertiary/aromatic N) is 3. The van der Waals surface area contributed by atoms with Crippen LogP contribution in [0.3, 0.4) is 0 Å². The second-order valence-electron chi connectivity index (χ2n) is 7.41. The number of hydrogen-bond acceptors (Lipinski definition) is 3. The number of alkyl halides is 3. The second-order valence-corrected chi connectivity index (χ2v) is 7.41. The van der Waals surface area contributed by atoms with E-state index in [1.165, 1.54) is 16.8 Å². The molecule has 4 rings (SSSR count). The predicted octanol–water partition coefficient (Wildman–Crippen LogP) is 5.16. The molecular weight excluding hydrogens is 407 g/mol. The van der Waals surface area contributed by atoms with Gasteiger partial charge in [-0.15, -0.1) is 0 Å². The first kappa shape index (κ1) is 20.8. The lowest BCUT2D eigenvalue weighted by Crippen LogP contribution is -2.38. The van der Waals surface area contributed by atoms with Crippen LogP contribution >= 0.6 is 0 Å². The fourth-order valence-electron chi connectivity index (χ4n) is 3.62. The molecule has 0 atom stereocenters. The van der Waals surface area contributed by atoms with Crippen LogP contribution in [0.1, 0.15) is 24.8 Å². The average Bonchev–Trinajstić information content (AvgIpc) is 3.10. The number of carbonyl (C=O) groups is 1. The second kappa shape index (κ2) is 8.33. The zero-order valence-corrected chi connectivity index (χ0v) is 16.7. The van der Waals surface area contributed by atoms with Crippen LogP contribution in [0, 0.1) is 0 Å². The van der Waals surface area contributed by atoms with Gasteiger partial charge in [0.2, 0.25) is 0 Å². The predicted molar refractivity (Wildman–Crippen MR) is 113 cm³/mol. The molecule has 31 heavy (non-hydrogen) atoms. The molecule has 0 bridgehead atoms. The zero-order valence-electron chi connectivity index (χ0n) is 16.7. The average molecular weight is 429 g/mol. The Kier molecular flexibility index (Phi) is 5.58. The third-order valence-electron chi connectivity index (χ3n) is 5.28. The van der Waals surface area contributed by atoms with Gasteiger partial charge in [0.1, 0.15) is 11.4 Å². The van der Waals surface area contributed by atoms with Crippen molar-refractivity contribution in [2.24, 2.45) is 0 Å². The first-order valence-corrected chi connectivity index (χ1v) is 10.0. The molecule has 162 valence electrons. The van der Waals surface area contributed by atoms with E-state index in [1.807, 2.05) is 30.3 Å². The molecule has 1 aliphatic rings. The maximum Gasteiger partial charge on any atom is 0.416 e. The third kappa shape index (κ3) is 4.35. The first-order chi connectivity index (χ1) is 14.8. The van der Waals surface area contributed by atoms with Crippen molar-refractivity contribution in [3.63, 3.8) is 0 Å². The van der Waals surface area contributed by atoms with Gasteiger partial charge in [-0.1, -0.05) is 30.3 Å². The molecule has 1 fully saturated rings. The summed E-state index contributed by atoms with van der Waals surface area (Å²) in [6, 6.07) is 13.5. The highest BCUT2D eigenvalue weighted by Crippen LogP contribution is 2.35. The van der Waals surface area contributed by atoms with Crippen LogP contribution in [0.5, 0.6) is 0 Å². The number of nitrogens with two attached hydrogens (primary N) is 1. The normalized spacial score (nSPS) is 14.5. The van der Waals surface area contributed by atoms with E-state index in [9.17, 15) is 18.0 Å². The molecule has 2 heterocycles. The number of anilines is 2. The van der Waals surface area contributed by atoms with Gasteiger partial charge in [0.05, 0.1) is 11.3 Å². The largest absolute Gasteiger partial charge is 0.416 e. The quantitative estimate of drug-likeness (QED) is 0.604. The molecule has 1 aromatic heterocycles. The van der Waals surface area contributed by atoms with E-state index >= 15 is 0 Å². The highest BCUT2D eigenvalue weighted by atomic mass is 19.4. The number of benzene rings is 2. The van der Waals surface area contributed by atoms with Crippen LogP contribution in [0.2, 0.25) is 0 Å². The van der Waals surface area contributed by atoms with Crippen molar-refractivity contribution < 1.29 is 18.0 Å². The van der Waals surface area contributed by atoms with Crippen molar-refractivity contribution in [2.75, 3.05) is 24.1 Å². The van der Waals surface area contributed by atoms with Gasteiger partial charge >= 0.3 is 12.2 Å². The Morgan fingerprint density at radius 3 is 2.23 bits per heavy atom. The van der Waals surface area contributed by atoms with Crippen molar-refractivity contribution in [3.8, 4) is 16.9 Å². The lowest BCUT2D eigenvalue weighted by molar-refractivity contribution is -0.137. The van der Waals surface area contributed by atoms with Gasteiger partial charge < -0.3 is 16.0 Å². The highest BCUT2D eigenvalue weighted by Gasteiger charge is 2.30. The number of aromatic nitrogens is 2. The van der Waals surface area contributed by atoms with E-state index in [4.69, 9.17) is 5.73 Å². The van der Waals surface area contributed by atoms with E-state index < -0.39 is 11.7 Å². The van der Waals surface area contributed by atoms with E-state index in [0.717, 1.165) is 37.0 Å². The van der Waals surface area contributed by atoms with Gasteiger partial charge in [0.25, 0.3) is 0 Å². The van der Waals surface area contributed by atoms with Gasteiger partial charge in [-0.05, 0) is 43.5 Å². The molecule has 3 aromatic rings. The standard InChI is InChI=1S/C22H22F3N5O/c23-22(24,25)16-9-11-17(12-10-16)30-20(26)19(18(28-30)15-7-3-1-4-8-15)27-21(31)29-13-5-2-6-14-29/h1,3-4,7-12H,2,5-6,13-14,26H2,(H,27,31). The summed E-state index contributed by atoms with van der Waals surface area (Å²) >= 11 is 0. The zero-order chi connectivity index (χ0) is 22.0. The molecule has 1 saturated heterocycles. The number of amides is 2. The van der Waals surface area contributed by atoms with E-state index in [0.29, 0.717) is 30.2 Å². The fraction of sp³-hybridized carbons (Fsp3) is 0.273. The molecule has 0 spiro atoms. The summed E-state index contributed by atoms with van der Waals surface area (Å²) in [6.07, 6.45) is -1.46. The smallest absolute Gasteiger partial charge is 0.382 e. The maximum absolute atomic E-state index is 12.9. The molecule has 0 saturated carbocycles. The number of urea groups is 1. The van der Waals surface area contributed by atoms with Crippen LogP contribution in [-0.2, 0) is 6.18 Å². The molecule has 1 aliphatic heterocycles. The Morgan fingerprint density at radius 2 is 1.61 bits per heavy atom. The molecule has 6 nitrogen and oxygen atoms in total. The lowest BCUT2D eigenvalue weighted by Gasteiger charge is -2.26. The van der Waals surface area contributed by atoms with Gasteiger partial charge in [0, 0.05) is 18.7 Å². The minimum absolute atomic E-state index is 0.143. The maximum atomic E-state index is 12.9. The lowest BCUT2D eigenvalue weighted by atomic mass is 10.1. The van der Waals surface area contributed by atoms with Gasteiger partial charge in [-0.3, -0.25) is 0 Å².